The fourth-order valence-corrected chi connectivity index (χ4v) is 4.87. The Hall–Kier alpha value is -4.92. The molecule has 6 rings (SSSR count). The molecule has 1 fully saturated rings. The van der Waals surface area contributed by atoms with E-state index in [-0.39, 0.29) is 18.0 Å². The summed E-state index contributed by atoms with van der Waals surface area (Å²) in [6.45, 7) is -0.125. The highest BCUT2D eigenvalue weighted by atomic mass is 19.1. The summed E-state index contributed by atoms with van der Waals surface area (Å²) in [6, 6.07) is 19.3. The minimum absolute atomic E-state index is 0.125. The van der Waals surface area contributed by atoms with Crippen molar-refractivity contribution in [2.24, 2.45) is 0 Å². The fraction of sp³-hybridized carbons (Fsp3) is 0.0741. The Morgan fingerprint density at radius 2 is 1.69 bits per heavy atom. The molecule has 8 nitrogen and oxygen atoms in total. The number of fused-ring (bicyclic) bond motifs is 2. The van der Waals surface area contributed by atoms with Crippen LogP contribution in [0.4, 0.5) is 9.18 Å². The fourth-order valence-electron chi connectivity index (χ4n) is 4.87. The molecule has 1 aliphatic heterocycles. The largest absolute Gasteiger partial charge is 0.494 e. The number of nitrogens with one attached hydrogen (secondary N) is 3. The Morgan fingerprint density at radius 3 is 2.44 bits per heavy atom. The van der Waals surface area contributed by atoms with Crippen LogP contribution < -0.4 is 16.2 Å². The van der Waals surface area contributed by atoms with Crippen LogP contribution in [-0.2, 0) is 16.9 Å². The number of rotatable bonds is 4. The zero-order valence-corrected chi connectivity index (χ0v) is 18.7. The summed E-state index contributed by atoms with van der Waals surface area (Å²) in [5.74, 6) is -1.30. The molecule has 3 heterocycles. The molecule has 0 spiro atoms. The topological polar surface area (TPSA) is 116 Å². The van der Waals surface area contributed by atoms with Gasteiger partial charge in [-0.15, -0.1) is 0 Å². The van der Waals surface area contributed by atoms with Crippen molar-refractivity contribution in [3.63, 3.8) is 0 Å². The van der Waals surface area contributed by atoms with E-state index < -0.39 is 23.3 Å². The molecule has 9 heteroatoms. The van der Waals surface area contributed by atoms with Crippen LogP contribution in [0.25, 0.3) is 32.8 Å². The summed E-state index contributed by atoms with van der Waals surface area (Å²) < 4.78 is 15.1. The van der Waals surface area contributed by atoms with E-state index >= 15 is 0 Å². The van der Waals surface area contributed by atoms with Crippen molar-refractivity contribution in [3.05, 3.63) is 101 Å². The summed E-state index contributed by atoms with van der Waals surface area (Å²) in [5, 5.41) is 17.5. The van der Waals surface area contributed by atoms with Crippen molar-refractivity contribution < 1.29 is 19.1 Å². The van der Waals surface area contributed by atoms with Gasteiger partial charge < -0.3 is 20.0 Å². The number of para-hydroxylation sites is 1. The number of hydrogen-bond donors (Lipinski definition) is 4. The lowest BCUT2D eigenvalue weighted by Gasteiger charge is -2.27. The van der Waals surface area contributed by atoms with Crippen LogP contribution in [0.5, 0.6) is 5.88 Å². The highest BCUT2D eigenvalue weighted by Gasteiger charge is 2.48. The van der Waals surface area contributed by atoms with Gasteiger partial charge in [0, 0.05) is 33.9 Å². The summed E-state index contributed by atoms with van der Waals surface area (Å²) in [6.07, 6.45) is 1.60. The number of carbonyl (C=O) groups is 2. The zero-order valence-electron chi connectivity index (χ0n) is 18.7. The maximum atomic E-state index is 13.7. The number of urea groups is 1. The summed E-state index contributed by atoms with van der Waals surface area (Å²) in [5.41, 5.74) is 0.911. The van der Waals surface area contributed by atoms with Crippen LogP contribution in [0.2, 0.25) is 0 Å². The maximum absolute atomic E-state index is 13.7. The second kappa shape index (κ2) is 7.81. The quantitative estimate of drug-likeness (QED) is 0.292. The first-order valence-corrected chi connectivity index (χ1v) is 11.2. The minimum Gasteiger partial charge on any atom is -0.494 e. The average molecular weight is 482 g/mol. The van der Waals surface area contributed by atoms with E-state index in [1.165, 1.54) is 28.8 Å². The van der Waals surface area contributed by atoms with Crippen molar-refractivity contribution in [2.45, 2.75) is 12.1 Å². The molecule has 0 saturated carbocycles. The van der Waals surface area contributed by atoms with Gasteiger partial charge in [0.05, 0.1) is 6.54 Å². The Bertz CT molecular complexity index is 1760. The number of aromatic amines is 1. The number of pyridine rings is 1. The van der Waals surface area contributed by atoms with E-state index in [1.54, 1.807) is 30.5 Å². The predicted octanol–water partition coefficient (Wildman–Crippen LogP) is 3.73. The molecule has 1 aliphatic rings. The molecule has 0 bridgehead atoms. The molecule has 0 aliphatic carbocycles. The molecule has 5 aromatic rings. The van der Waals surface area contributed by atoms with Crippen LogP contribution in [0.15, 0.2) is 83.8 Å². The van der Waals surface area contributed by atoms with Crippen LogP contribution in [-0.4, -0.2) is 26.6 Å². The Labute approximate surface area is 203 Å². The van der Waals surface area contributed by atoms with E-state index in [0.29, 0.717) is 21.9 Å². The van der Waals surface area contributed by atoms with Gasteiger partial charge in [0.15, 0.2) is 11.4 Å². The Balaban J connectivity index is 1.45. The van der Waals surface area contributed by atoms with Crippen molar-refractivity contribution in [1.82, 2.24) is 20.2 Å². The molecular weight excluding hydrogens is 463 g/mol. The SMILES string of the molecule is O=C1NC(=O)[C@](Cn2cc3ccc(F)cc3c2O)(c2ccc(-c3cc(=O)[nH]c4ccccc34)cc2)N1. The van der Waals surface area contributed by atoms with Gasteiger partial charge >= 0.3 is 6.03 Å². The first-order valence-electron chi connectivity index (χ1n) is 11.2. The first kappa shape index (κ1) is 21.6. The number of imide groups is 1. The summed E-state index contributed by atoms with van der Waals surface area (Å²) in [4.78, 5) is 40.3. The van der Waals surface area contributed by atoms with Crippen LogP contribution in [0, 0.1) is 5.82 Å². The van der Waals surface area contributed by atoms with Gasteiger partial charge in [-0.3, -0.25) is 14.9 Å². The molecule has 1 atom stereocenters. The second-order valence-electron chi connectivity index (χ2n) is 8.80. The van der Waals surface area contributed by atoms with Crippen LogP contribution >= 0.6 is 0 Å². The third-order valence-electron chi connectivity index (χ3n) is 6.61. The minimum atomic E-state index is -1.52. The van der Waals surface area contributed by atoms with Gasteiger partial charge in [-0.05, 0) is 41.0 Å². The lowest BCUT2D eigenvalue weighted by atomic mass is 9.88. The van der Waals surface area contributed by atoms with Gasteiger partial charge in [-0.2, -0.15) is 0 Å². The number of nitrogens with zero attached hydrogens (tertiary/aromatic N) is 1. The van der Waals surface area contributed by atoms with Crippen LogP contribution in [0.3, 0.4) is 0 Å². The number of amides is 3. The normalized spacial score (nSPS) is 17.5. The molecule has 0 unspecified atom stereocenters. The smallest absolute Gasteiger partial charge is 0.322 e. The van der Waals surface area contributed by atoms with Gasteiger partial charge in [0.2, 0.25) is 5.56 Å². The lowest BCUT2D eigenvalue weighted by Crippen LogP contribution is -2.47. The highest BCUT2D eigenvalue weighted by molar-refractivity contribution is 6.07. The van der Waals surface area contributed by atoms with Gasteiger partial charge in [-0.25, -0.2) is 9.18 Å². The summed E-state index contributed by atoms with van der Waals surface area (Å²) in [7, 11) is 0. The number of halogens is 1. The Kier molecular flexibility index (Phi) is 4.68. The van der Waals surface area contributed by atoms with Crippen molar-refractivity contribution in [2.75, 3.05) is 0 Å². The van der Waals surface area contributed by atoms with Crippen molar-refractivity contribution >= 4 is 33.6 Å². The third kappa shape index (κ3) is 3.32. The molecule has 1 saturated heterocycles. The van der Waals surface area contributed by atoms with E-state index in [1.807, 2.05) is 24.3 Å². The molecule has 36 heavy (non-hydrogen) atoms. The molecule has 4 N–H and O–H groups in total. The van der Waals surface area contributed by atoms with Gasteiger partial charge in [-0.1, -0.05) is 42.5 Å². The lowest BCUT2D eigenvalue weighted by molar-refractivity contribution is -0.124. The monoisotopic (exact) mass is 482 g/mol. The Morgan fingerprint density at radius 1 is 0.917 bits per heavy atom. The van der Waals surface area contributed by atoms with E-state index in [0.717, 1.165) is 16.5 Å². The van der Waals surface area contributed by atoms with E-state index in [2.05, 4.69) is 15.6 Å². The van der Waals surface area contributed by atoms with Crippen molar-refractivity contribution in [3.8, 4) is 17.0 Å². The van der Waals surface area contributed by atoms with Gasteiger partial charge in [0.25, 0.3) is 5.91 Å². The number of carbonyl (C=O) groups excluding carboxylic acids is 2. The predicted molar refractivity (Wildman–Crippen MR) is 132 cm³/mol. The summed E-state index contributed by atoms with van der Waals surface area (Å²) >= 11 is 0. The zero-order chi connectivity index (χ0) is 25.0. The number of hydrogen-bond acceptors (Lipinski definition) is 4. The average Bonchev–Trinajstić information content (AvgIpc) is 3.33. The van der Waals surface area contributed by atoms with Gasteiger partial charge in [0.1, 0.15) is 5.82 Å². The number of aromatic hydroxyl groups is 1. The number of benzene rings is 3. The highest BCUT2D eigenvalue weighted by Crippen LogP contribution is 2.35. The molecule has 3 amide bonds. The molecule has 0 radical (unpaired) electrons. The van der Waals surface area contributed by atoms with Crippen LogP contribution in [0.1, 0.15) is 5.56 Å². The van der Waals surface area contributed by atoms with Crippen molar-refractivity contribution in [1.29, 1.82) is 0 Å². The molecule has 3 aromatic carbocycles. The second-order valence-corrected chi connectivity index (χ2v) is 8.80. The maximum Gasteiger partial charge on any atom is 0.322 e. The van der Waals surface area contributed by atoms with E-state index in [9.17, 15) is 23.9 Å². The standard InChI is InChI=1S/C27H19FN4O4/c28-18-10-7-16-13-32(24(34)21(16)11-18)14-27(25(35)30-26(36)31-27)17-8-5-15(6-9-17)20-12-23(33)29-22-4-2-1-3-19(20)22/h1-13,34H,14H2,(H,29,33)(H2,30,31,35,36)/t27-/m0/s1. The third-order valence-corrected chi connectivity index (χ3v) is 6.61. The van der Waals surface area contributed by atoms with E-state index in [4.69, 9.17) is 0 Å². The molecule has 2 aromatic heterocycles. The number of aromatic nitrogens is 2. The number of H-pyrrole nitrogens is 1. The molecular formula is C27H19FN4O4. The molecule has 178 valence electrons. The first-order chi connectivity index (χ1) is 17.3.